The zero-order valence-corrected chi connectivity index (χ0v) is 13.3. The molecule has 0 unspecified atom stereocenters. The number of amidine groups is 1. The van der Waals surface area contributed by atoms with Gasteiger partial charge in [0, 0.05) is 23.1 Å². The van der Waals surface area contributed by atoms with Crippen molar-refractivity contribution < 1.29 is 9.53 Å². The molecular formula is C14H12Cl2N2O2S. The van der Waals surface area contributed by atoms with E-state index >= 15 is 0 Å². The molecule has 7 heteroatoms. The summed E-state index contributed by atoms with van der Waals surface area (Å²) in [6.07, 6.45) is 1.75. The van der Waals surface area contributed by atoms with Gasteiger partial charge in [0.05, 0.1) is 18.1 Å². The lowest BCUT2D eigenvalue weighted by molar-refractivity contribution is -0.113. The van der Waals surface area contributed by atoms with Crippen molar-refractivity contribution >= 4 is 52.1 Å². The number of morpholine rings is 1. The molecule has 2 heterocycles. The summed E-state index contributed by atoms with van der Waals surface area (Å²) < 4.78 is 5.30. The van der Waals surface area contributed by atoms with E-state index in [0.717, 1.165) is 23.8 Å². The van der Waals surface area contributed by atoms with Gasteiger partial charge in [-0.05, 0) is 35.5 Å². The second kappa shape index (κ2) is 6.40. The van der Waals surface area contributed by atoms with Crippen LogP contribution in [0, 0.1) is 0 Å². The number of carbonyl (C=O) groups is 1. The van der Waals surface area contributed by atoms with Gasteiger partial charge in [-0.25, -0.2) is 0 Å². The van der Waals surface area contributed by atoms with Crippen LogP contribution in [0.4, 0.5) is 0 Å². The minimum absolute atomic E-state index is 0.229. The van der Waals surface area contributed by atoms with Crippen LogP contribution in [0.2, 0.25) is 10.0 Å². The van der Waals surface area contributed by atoms with Gasteiger partial charge in [0.1, 0.15) is 0 Å². The van der Waals surface area contributed by atoms with Gasteiger partial charge in [-0.15, -0.1) is 0 Å². The molecule has 1 fully saturated rings. The smallest absolute Gasteiger partial charge is 0.286 e. The normalized spacial score (nSPS) is 21.0. The Morgan fingerprint density at radius 1 is 1.29 bits per heavy atom. The summed E-state index contributed by atoms with van der Waals surface area (Å²) >= 11 is 13.4. The lowest BCUT2D eigenvalue weighted by atomic mass is 10.2. The molecule has 0 radical (unpaired) electrons. The molecular weight excluding hydrogens is 331 g/mol. The minimum atomic E-state index is -0.229. The molecule has 1 aromatic carbocycles. The molecule has 3 rings (SSSR count). The Labute approximate surface area is 136 Å². The fourth-order valence-corrected chi connectivity index (χ4v) is 3.47. The number of ether oxygens (including phenoxy) is 1. The van der Waals surface area contributed by atoms with Crippen LogP contribution in [0.1, 0.15) is 5.56 Å². The summed E-state index contributed by atoms with van der Waals surface area (Å²) in [6.45, 7) is 2.84. The number of rotatable bonds is 1. The third-order valence-corrected chi connectivity index (χ3v) is 4.75. The lowest BCUT2D eigenvalue weighted by Gasteiger charge is -2.27. The number of halogens is 2. The number of hydrogen-bond acceptors (Lipinski definition) is 4. The van der Waals surface area contributed by atoms with Crippen molar-refractivity contribution in [3.8, 4) is 0 Å². The molecule has 110 valence electrons. The molecule has 0 aromatic heterocycles. The molecule has 0 spiro atoms. The molecule has 0 aliphatic carbocycles. The molecule has 1 saturated heterocycles. The van der Waals surface area contributed by atoms with E-state index in [9.17, 15) is 4.79 Å². The average Bonchev–Trinajstić information content (AvgIpc) is 2.84. The van der Waals surface area contributed by atoms with Crippen molar-refractivity contribution in [2.45, 2.75) is 0 Å². The molecule has 21 heavy (non-hydrogen) atoms. The van der Waals surface area contributed by atoms with E-state index in [2.05, 4.69) is 9.89 Å². The van der Waals surface area contributed by atoms with Gasteiger partial charge in [-0.2, -0.15) is 4.99 Å². The van der Waals surface area contributed by atoms with Crippen LogP contribution in [0.25, 0.3) is 6.08 Å². The van der Waals surface area contributed by atoms with Gasteiger partial charge in [0.15, 0.2) is 5.17 Å². The Morgan fingerprint density at radius 2 is 2.05 bits per heavy atom. The number of hydrogen-bond donors (Lipinski definition) is 0. The molecule has 4 nitrogen and oxygen atoms in total. The van der Waals surface area contributed by atoms with Crippen molar-refractivity contribution in [3.05, 3.63) is 38.7 Å². The number of benzene rings is 1. The minimum Gasteiger partial charge on any atom is -0.378 e. The van der Waals surface area contributed by atoms with Crippen molar-refractivity contribution in [2.24, 2.45) is 4.99 Å². The van der Waals surface area contributed by atoms with E-state index in [0.29, 0.717) is 28.2 Å². The Morgan fingerprint density at radius 3 is 2.76 bits per heavy atom. The Bertz CT molecular complexity index is 640. The summed E-state index contributed by atoms with van der Waals surface area (Å²) in [5.74, 6) is -0.229. The van der Waals surface area contributed by atoms with Crippen LogP contribution in [-0.4, -0.2) is 42.3 Å². The predicted molar refractivity (Wildman–Crippen MR) is 86.9 cm³/mol. The van der Waals surface area contributed by atoms with Gasteiger partial charge in [0.25, 0.3) is 5.91 Å². The summed E-state index contributed by atoms with van der Waals surface area (Å²) in [4.78, 5) is 18.8. The molecule has 1 amide bonds. The lowest BCUT2D eigenvalue weighted by Crippen LogP contribution is -2.38. The van der Waals surface area contributed by atoms with Crippen molar-refractivity contribution in [2.75, 3.05) is 26.3 Å². The van der Waals surface area contributed by atoms with E-state index in [4.69, 9.17) is 27.9 Å². The summed E-state index contributed by atoms with van der Waals surface area (Å²) in [6, 6.07) is 5.19. The largest absolute Gasteiger partial charge is 0.378 e. The fourth-order valence-electron chi connectivity index (χ4n) is 2.05. The fraction of sp³-hybridized carbons (Fsp3) is 0.286. The number of thioether (sulfide) groups is 1. The van der Waals surface area contributed by atoms with Crippen LogP contribution in [-0.2, 0) is 9.53 Å². The van der Waals surface area contributed by atoms with Gasteiger partial charge in [-0.3, -0.25) is 4.79 Å². The van der Waals surface area contributed by atoms with E-state index in [1.807, 2.05) is 0 Å². The maximum absolute atomic E-state index is 12.0. The van der Waals surface area contributed by atoms with E-state index < -0.39 is 0 Å². The second-order valence-electron chi connectivity index (χ2n) is 4.58. The molecule has 2 aliphatic rings. The first-order valence-corrected chi connectivity index (χ1v) is 8.01. The maximum Gasteiger partial charge on any atom is 0.286 e. The molecule has 0 N–H and O–H groups in total. The topological polar surface area (TPSA) is 41.9 Å². The maximum atomic E-state index is 12.0. The first kappa shape index (κ1) is 14.9. The van der Waals surface area contributed by atoms with Crippen molar-refractivity contribution in [1.82, 2.24) is 4.90 Å². The zero-order valence-electron chi connectivity index (χ0n) is 11.0. The Kier molecular flexibility index (Phi) is 4.54. The highest BCUT2D eigenvalue weighted by molar-refractivity contribution is 8.18. The number of carbonyl (C=O) groups excluding carboxylic acids is 1. The zero-order chi connectivity index (χ0) is 14.8. The first-order chi connectivity index (χ1) is 10.1. The van der Waals surface area contributed by atoms with Crippen molar-refractivity contribution in [1.29, 1.82) is 0 Å². The highest BCUT2D eigenvalue weighted by Crippen LogP contribution is 2.32. The van der Waals surface area contributed by atoms with Crippen LogP contribution < -0.4 is 0 Å². The van der Waals surface area contributed by atoms with Gasteiger partial charge in [-0.1, -0.05) is 29.3 Å². The van der Waals surface area contributed by atoms with Gasteiger partial charge >= 0.3 is 0 Å². The van der Waals surface area contributed by atoms with Gasteiger partial charge in [0.2, 0.25) is 0 Å². The number of aliphatic imine (C=N–C) groups is 1. The first-order valence-electron chi connectivity index (χ1n) is 6.44. The van der Waals surface area contributed by atoms with E-state index in [1.165, 1.54) is 11.8 Å². The number of amides is 1. The predicted octanol–water partition coefficient (Wildman–Crippen LogP) is 3.30. The van der Waals surface area contributed by atoms with Gasteiger partial charge < -0.3 is 9.64 Å². The quantitative estimate of drug-likeness (QED) is 0.734. The highest BCUT2D eigenvalue weighted by atomic mass is 35.5. The Balaban J connectivity index is 1.79. The number of nitrogens with zero attached hydrogens (tertiary/aromatic N) is 2. The van der Waals surface area contributed by atoms with Crippen molar-refractivity contribution in [3.63, 3.8) is 0 Å². The standard InChI is InChI=1S/C14H12Cl2N2O2S/c15-10-2-1-9(11(16)8-10)7-12-13(19)17-14(21-12)18-3-5-20-6-4-18/h1-2,7-8H,3-6H2/b12-7+. The van der Waals surface area contributed by atoms with E-state index in [-0.39, 0.29) is 5.91 Å². The SMILES string of the molecule is O=C1N=C(N2CCOCC2)S/C1=C/c1ccc(Cl)cc1Cl. The van der Waals surface area contributed by atoms with Crippen LogP contribution in [0.5, 0.6) is 0 Å². The average molecular weight is 343 g/mol. The molecule has 2 aliphatic heterocycles. The molecule has 0 bridgehead atoms. The van der Waals surface area contributed by atoms with Crippen LogP contribution in [0.3, 0.4) is 0 Å². The monoisotopic (exact) mass is 342 g/mol. The van der Waals surface area contributed by atoms with Crippen LogP contribution >= 0.6 is 35.0 Å². The van der Waals surface area contributed by atoms with E-state index in [1.54, 1.807) is 24.3 Å². The summed E-state index contributed by atoms with van der Waals surface area (Å²) in [7, 11) is 0. The Hall–Kier alpha value is -1.01. The third kappa shape index (κ3) is 3.43. The second-order valence-corrected chi connectivity index (χ2v) is 6.43. The highest BCUT2D eigenvalue weighted by Gasteiger charge is 2.27. The molecule has 0 atom stereocenters. The molecule has 0 saturated carbocycles. The third-order valence-electron chi connectivity index (χ3n) is 3.14. The van der Waals surface area contributed by atoms with Crippen LogP contribution in [0.15, 0.2) is 28.1 Å². The summed E-state index contributed by atoms with van der Waals surface area (Å²) in [5, 5.41) is 1.82. The summed E-state index contributed by atoms with van der Waals surface area (Å²) in [5.41, 5.74) is 0.760. The molecule has 1 aromatic rings.